The summed E-state index contributed by atoms with van der Waals surface area (Å²) >= 11 is 0. The largest absolute Gasteiger partial charge is 0.496 e. The lowest BCUT2D eigenvalue weighted by molar-refractivity contribution is -0.116. The molecule has 2 aromatic rings. The van der Waals surface area contributed by atoms with Crippen LogP contribution in [-0.4, -0.2) is 12.9 Å². The van der Waals surface area contributed by atoms with Gasteiger partial charge in [0.15, 0.2) is 0 Å². The van der Waals surface area contributed by atoms with E-state index in [1.807, 2.05) is 24.3 Å². The number of rotatable bonds is 4. The maximum absolute atomic E-state index is 11.3. The molecular formula is C17H18O2. The second-order valence-electron chi connectivity index (χ2n) is 4.75. The molecule has 2 rings (SSSR count). The van der Waals surface area contributed by atoms with Crippen molar-refractivity contribution in [2.75, 3.05) is 7.11 Å². The van der Waals surface area contributed by atoms with Gasteiger partial charge in [-0.2, -0.15) is 0 Å². The quantitative estimate of drug-likeness (QED) is 0.829. The summed E-state index contributed by atoms with van der Waals surface area (Å²) in [5, 5.41) is 0. The molecule has 0 amide bonds. The number of benzene rings is 2. The topological polar surface area (TPSA) is 26.3 Å². The zero-order valence-corrected chi connectivity index (χ0v) is 11.6. The molecule has 2 heteroatoms. The van der Waals surface area contributed by atoms with Gasteiger partial charge >= 0.3 is 0 Å². The van der Waals surface area contributed by atoms with Gasteiger partial charge in [0.1, 0.15) is 11.5 Å². The molecule has 0 bridgehead atoms. The van der Waals surface area contributed by atoms with Crippen molar-refractivity contribution in [3.05, 3.63) is 53.6 Å². The van der Waals surface area contributed by atoms with E-state index in [1.165, 1.54) is 5.56 Å². The van der Waals surface area contributed by atoms with Crippen molar-refractivity contribution in [2.24, 2.45) is 0 Å². The first-order valence-electron chi connectivity index (χ1n) is 6.34. The number of methoxy groups -OCH3 is 1. The molecule has 19 heavy (non-hydrogen) atoms. The van der Waals surface area contributed by atoms with Crippen molar-refractivity contribution in [2.45, 2.75) is 20.3 Å². The lowest BCUT2D eigenvalue weighted by Gasteiger charge is -2.13. The first-order valence-corrected chi connectivity index (χ1v) is 6.34. The summed E-state index contributed by atoms with van der Waals surface area (Å²) in [6.07, 6.45) is 0.406. The Morgan fingerprint density at radius 3 is 2.53 bits per heavy atom. The Morgan fingerprint density at radius 1 is 1.16 bits per heavy atom. The van der Waals surface area contributed by atoms with Gasteiger partial charge in [-0.15, -0.1) is 0 Å². The second kappa shape index (κ2) is 5.70. The van der Waals surface area contributed by atoms with Crippen LogP contribution in [0.1, 0.15) is 18.1 Å². The predicted octanol–water partition coefficient (Wildman–Crippen LogP) is 3.80. The molecule has 0 aromatic heterocycles. The molecule has 0 fully saturated rings. The normalized spacial score (nSPS) is 10.3. The van der Waals surface area contributed by atoms with Crippen molar-refractivity contribution in [3.63, 3.8) is 0 Å². The van der Waals surface area contributed by atoms with Crippen molar-refractivity contribution in [1.29, 1.82) is 0 Å². The van der Waals surface area contributed by atoms with Gasteiger partial charge in [0.25, 0.3) is 0 Å². The summed E-state index contributed by atoms with van der Waals surface area (Å²) in [6, 6.07) is 14.2. The fourth-order valence-corrected chi connectivity index (χ4v) is 2.27. The maximum Gasteiger partial charge on any atom is 0.134 e. The Morgan fingerprint density at radius 2 is 1.89 bits per heavy atom. The minimum absolute atomic E-state index is 0.139. The average Bonchev–Trinajstić information content (AvgIpc) is 2.37. The van der Waals surface area contributed by atoms with Crippen LogP contribution in [0.5, 0.6) is 5.75 Å². The van der Waals surface area contributed by atoms with Gasteiger partial charge in [-0.1, -0.05) is 48.0 Å². The zero-order chi connectivity index (χ0) is 13.8. The van der Waals surface area contributed by atoms with Crippen LogP contribution in [0.15, 0.2) is 42.5 Å². The third kappa shape index (κ3) is 3.02. The number of Topliss-reactive ketones (excluding diaryl/α,β-unsaturated/α-hetero) is 1. The van der Waals surface area contributed by atoms with E-state index in [9.17, 15) is 4.79 Å². The van der Waals surface area contributed by atoms with Gasteiger partial charge in [0, 0.05) is 17.5 Å². The molecule has 98 valence electrons. The van der Waals surface area contributed by atoms with Crippen molar-refractivity contribution < 1.29 is 9.53 Å². The summed E-state index contributed by atoms with van der Waals surface area (Å²) in [4.78, 5) is 11.3. The van der Waals surface area contributed by atoms with Crippen molar-refractivity contribution in [3.8, 4) is 16.9 Å². The van der Waals surface area contributed by atoms with Crippen LogP contribution in [0.2, 0.25) is 0 Å². The van der Waals surface area contributed by atoms with Crippen LogP contribution in [0, 0.1) is 6.92 Å². The highest BCUT2D eigenvalue weighted by molar-refractivity contribution is 5.81. The van der Waals surface area contributed by atoms with Crippen molar-refractivity contribution >= 4 is 5.78 Å². The van der Waals surface area contributed by atoms with E-state index in [0.717, 1.165) is 22.4 Å². The Labute approximate surface area is 114 Å². The summed E-state index contributed by atoms with van der Waals surface area (Å²) in [5.41, 5.74) is 4.29. The molecule has 2 nitrogen and oxygen atoms in total. The third-order valence-corrected chi connectivity index (χ3v) is 3.07. The number of ether oxygens (including phenoxy) is 1. The SMILES string of the molecule is COc1c(CC(C)=O)cccc1-c1cccc(C)c1. The Hall–Kier alpha value is -2.09. The van der Waals surface area contributed by atoms with E-state index in [4.69, 9.17) is 4.74 Å². The van der Waals surface area contributed by atoms with Crippen LogP contribution in [-0.2, 0) is 11.2 Å². The van der Waals surface area contributed by atoms with Gasteiger partial charge in [0.05, 0.1) is 7.11 Å². The average molecular weight is 254 g/mol. The highest BCUT2D eigenvalue weighted by Gasteiger charge is 2.12. The molecule has 0 unspecified atom stereocenters. The number of hydrogen-bond acceptors (Lipinski definition) is 2. The van der Waals surface area contributed by atoms with E-state index in [-0.39, 0.29) is 5.78 Å². The fourth-order valence-electron chi connectivity index (χ4n) is 2.27. The molecule has 0 N–H and O–H groups in total. The minimum atomic E-state index is 0.139. The molecular weight excluding hydrogens is 236 g/mol. The molecule has 0 heterocycles. The Kier molecular flexibility index (Phi) is 4.00. The third-order valence-electron chi connectivity index (χ3n) is 3.07. The minimum Gasteiger partial charge on any atom is -0.496 e. The molecule has 0 radical (unpaired) electrons. The van der Waals surface area contributed by atoms with E-state index in [1.54, 1.807) is 14.0 Å². The molecule has 0 aliphatic carbocycles. The van der Waals surface area contributed by atoms with Gasteiger partial charge < -0.3 is 4.74 Å². The summed E-state index contributed by atoms with van der Waals surface area (Å²) < 4.78 is 5.52. The van der Waals surface area contributed by atoms with Crippen LogP contribution >= 0.6 is 0 Å². The molecule has 0 aliphatic heterocycles. The Bertz CT molecular complexity index is 600. The number of hydrogen-bond donors (Lipinski definition) is 0. The highest BCUT2D eigenvalue weighted by Crippen LogP contribution is 2.33. The molecule has 0 atom stereocenters. The standard InChI is InChI=1S/C17H18O2/c1-12-6-4-7-14(10-12)16-9-5-8-15(11-13(2)18)17(16)19-3/h4-10H,11H2,1-3H3. The molecule has 0 saturated carbocycles. The van der Waals surface area contributed by atoms with Crippen LogP contribution in [0.4, 0.5) is 0 Å². The van der Waals surface area contributed by atoms with Gasteiger partial charge in [-0.25, -0.2) is 0 Å². The number of carbonyl (C=O) groups excluding carboxylic acids is 1. The molecule has 2 aromatic carbocycles. The van der Waals surface area contributed by atoms with Crippen molar-refractivity contribution in [1.82, 2.24) is 0 Å². The number of aryl methyl sites for hydroxylation is 1. The summed E-state index contributed by atoms with van der Waals surface area (Å²) in [7, 11) is 1.65. The lowest BCUT2D eigenvalue weighted by atomic mass is 9.98. The highest BCUT2D eigenvalue weighted by atomic mass is 16.5. The zero-order valence-electron chi connectivity index (χ0n) is 11.6. The predicted molar refractivity (Wildman–Crippen MR) is 77.6 cm³/mol. The first kappa shape index (κ1) is 13.3. The number of ketones is 1. The lowest BCUT2D eigenvalue weighted by Crippen LogP contribution is -2.00. The second-order valence-corrected chi connectivity index (χ2v) is 4.75. The van der Waals surface area contributed by atoms with E-state index in [2.05, 4.69) is 25.1 Å². The van der Waals surface area contributed by atoms with E-state index >= 15 is 0 Å². The number of carbonyl (C=O) groups is 1. The summed E-state index contributed by atoms with van der Waals surface area (Å²) in [5.74, 6) is 0.933. The smallest absolute Gasteiger partial charge is 0.134 e. The fraction of sp³-hybridized carbons (Fsp3) is 0.235. The van der Waals surface area contributed by atoms with Crippen LogP contribution in [0.25, 0.3) is 11.1 Å². The molecule has 0 spiro atoms. The van der Waals surface area contributed by atoms with Gasteiger partial charge in [-0.05, 0) is 19.4 Å². The van der Waals surface area contributed by atoms with Gasteiger partial charge in [-0.3, -0.25) is 4.79 Å². The van der Waals surface area contributed by atoms with Crippen LogP contribution < -0.4 is 4.74 Å². The summed E-state index contributed by atoms with van der Waals surface area (Å²) in [6.45, 7) is 3.66. The van der Waals surface area contributed by atoms with Gasteiger partial charge in [0.2, 0.25) is 0 Å². The van der Waals surface area contributed by atoms with Crippen LogP contribution in [0.3, 0.4) is 0 Å². The van der Waals surface area contributed by atoms with E-state index < -0.39 is 0 Å². The number of para-hydroxylation sites is 1. The molecule has 0 saturated heterocycles. The first-order chi connectivity index (χ1) is 9.11. The monoisotopic (exact) mass is 254 g/mol. The van der Waals surface area contributed by atoms with E-state index in [0.29, 0.717) is 6.42 Å². The maximum atomic E-state index is 11.3. The Balaban J connectivity index is 2.54. The molecule has 0 aliphatic rings.